The molecule has 0 bridgehead atoms. The van der Waals surface area contributed by atoms with E-state index in [1.807, 2.05) is 18.2 Å². The molecule has 4 rings (SSSR count). The summed E-state index contributed by atoms with van der Waals surface area (Å²) in [5, 5.41) is 3.08. The monoisotopic (exact) mass is 454 g/mol. The van der Waals surface area contributed by atoms with Crippen molar-refractivity contribution in [1.82, 2.24) is 15.3 Å². The van der Waals surface area contributed by atoms with Crippen LogP contribution in [0.15, 0.2) is 30.3 Å². The maximum atomic E-state index is 12.6. The van der Waals surface area contributed by atoms with Crippen molar-refractivity contribution in [1.29, 1.82) is 0 Å². The molecule has 1 saturated carbocycles. The normalized spacial score (nSPS) is 20.8. The second kappa shape index (κ2) is 10.8. The Kier molecular flexibility index (Phi) is 8.66. The summed E-state index contributed by atoms with van der Waals surface area (Å²) in [6, 6.07) is 9.49. The number of halogens is 2. The van der Waals surface area contributed by atoms with Crippen LogP contribution in [0, 0.1) is 0 Å². The number of nitrogen functional groups attached to an aromatic ring is 1. The number of ether oxygens (including phenoxy) is 1. The zero-order valence-corrected chi connectivity index (χ0v) is 18.3. The van der Waals surface area contributed by atoms with Crippen molar-refractivity contribution in [2.45, 2.75) is 31.3 Å². The smallest absolute Gasteiger partial charge is 0.251 e. The Balaban J connectivity index is 0.00000160. The molecule has 0 unspecified atom stereocenters. The van der Waals surface area contributed by atoms with Gasteiger partial charge < -0.3 is 26.4 Å². The number of amides is 1. The van der Waals surface area contributed by atoms with Crippen molar-refractivity contribution in [3.63, 3.8) is 0 Å². The molecule has 2 atom stereocenters. The molecule has 10 heteroatoms. The van der Waals surface area contributed by atoms with Gasteiger partial charge in [0.05, 0.1) is 18.9 Å². The number of nitrogens with two attached hydrogens (primary N) is 2. The minimum absolute atomic E-state index is 0. The van der Waals surface area contributed by atoms with Crippen LogP contribution in [0.1, 0.15) is 29.6 Å². The Morgan fingerprint density at radius 3 is 2.60 bits per heavy atom. The molecule has 30 heavy (non-hydrogen) atoms. The average Bonchev–Trinajstić information content (AvgIpc) is 3.13. The van der Waals surface area contributed by atoms with Crippen LogP contribution in [0.2, 0.25) is 0 Å². The Hall–Kier alpha value is -2.13. The van der Waals surface area contributed by atoms with Crippen molar-refractivity contribution < 1.29 is 9.53 Å². The summed E-state index contributed by atoms with van der Waals surface area (Å²) >= 11 is 0. The summed E-state index contributed by atoms with van der Waals surface area (Å²) in [7, 11) is 0. The van der Waals surface area contributed by atoms with E-state index in [1.54, 1.807) is 12.1 Å². The molecule has 0 spiro atoms. The second-order valence-electron chi connectivity index (χ2n) is 7.40. The highest BCUT2D eigenvalue weighted by Crippen LogP contribution is 2.24. The lowest BCUT2D eigenvalue weighted by atomic mass is 10.1. The van der Waals surface area contributed by atoms with Crippen LogP contribution in [0.3, 0.4) is 0 Å². The van der Waals surface area contributed by atoms with E-state index in [2.05, 4.69) is 20.2 Å². The van der Waals surface area contributed by atoms with E-state index in [4.69, 9.17) is 16.2 Å². The lowest BCUT2D eigenvalue weighted by Gasteiger charge is -2.27. The number of anilines is 2. The van der Waals surface area contributed by atoms with Gasteiger partial charge in [0.1, 0.15) is 5.82 Å². The number of rotatable bonds is 4. The van der Waals surface area contributed by atoms with E-state index in [0.29, 0.717) is 36.2 Å². The fraction of sp³-hybridized carbons (Fsp3) is 0.450. The van der Waals surface area contributed by atoms with E-state index in [1.165, 1.54) is 0 Å². The predicted molar refractivity (Wildman–Crippen MR) is 122 cm³/mol. The summed E-state index contributed by atoms with van der Waals surface area (Å²) in [6.45, 7) is 2.76. The van der Waals surface area contributed by atoms with Crippen LogP contribution in [-0.2, 0) is 4.74 Å². The fourth-order valence-electron chi connectivity index (χ4n) is 3.74. The Morgan fingerprint density at radius 2 is 1.90 bits per heavy atom. The van der Waals surface area contributed by atoms with Gasteiger partial charge in [0.25, 0.3) is 5.91 Å². The number of hydrogen-bond donors (Lipinski definition) is 3. The van der Waals surface area contributed by atoms with E-state index in [0.717, 1.165) is 37.9 Å². The van der Waals surface area contributed by atoms with Gasteiger partial charge in [0.15, 0.2) is 0 Å². The summed E-state index contributed by atoms with van der Waals surface area (Å²) < 4.78 is 5.39. The molecule has 8 nitrogen and oxygen atoms in total. The number of nitrogens with zero attached hydrogens (tertiary/aromatic N) is 3. The van der Waals surface area contributed by atoms with E-state index < -0.39 is 0 Å². The van der Waals surface area contributed by atoms with Crippen LogP contribution < -0.4 is 21.7 Å². The third kappa shape index (κ3) is 5.72. The standard InChI is InChI=1S/C20H26N6O2.2ClH/c21-15-4-5-16(11-15)23-19(27)14-3-1-2-13(10-14)17-12-18(22)25-20(24-17)26-6-8-28-9-7-26;;/h1-3,10,12,15-16H,4-9,11,21H2,(H,23,27)(H2,22,24,25);2*1H/t15-,16+;;/m1../s1. The molecule has 2 heterocycles. The SMILES string of the molecule is Cl.Cl.Nc1cc(-c2cccc(C(=O)N[C@H]3CC[C@@H](N)C3)c2)nc(N2CCOCC2)n1. The summed E-state index contributed by atoms with van der Waals surface area (Å²) in [5.74, 6) is 0.908. The molecule has 1 aromatic heterocycles. The number of carbonyl (C=O) groups is 1. The second-order valence-corrected chi connectivity index (χ2v) is 7.40. The predicted octanol–water partition coefficient (Wildman–Crippen LogP) is 2.02. The van der Waals surface area contributed by atoms with Gasteiger partial charge >= 0.3 is 0 Å². The van der Waals surface area contributed by atoms with E-state index in [9.17, 15) is 4.79 Å². The number of benzene rings is 1. The minimum atomic E-state index is -0.0867. The number of morpholine rings is 1. The maximum Gasteiger partial charge on any atom is 0.251 e. The van der Waals surface area contributed by atoms with Crippen LogP contribution in [0.4, 0.5) is 11.8 Å². The molecule has 2 fully saturated rings. The van der Waals surface area contributed by atoms with Crippen LogP contribution >= 0.6 is 24.8 Å². The molecule has 1 aliphatic carbocycles. The van der Waals surface area contributed by atoms with Crippen molar-refractivity contribution in [3.05, 3.63) is 35.9 Å². The Bertz CT molecular complexity index is 863. The minimum Gasteiger partial charge on any atom is -0.384 e. The first-order valence-electron chi connectivity index (χ1n) is 9.72. The summed E-state index contributed by atoms with van der Waals surface area (Å²) in [4.78, 5) is 23.7. The van der Waals surface area contributed by atoms with Gasteiger partial charge in [-0.05, 0) is 31.4 Å². The van der Waals surface area contributed by atoms with Crippen molar-refractivity contribution >= 4 is 42.5 Å². The van der Waals surface area contributed by atoms with E-state index in [-0.39, 0.29) is 42.8 Å². The van der Waals surface area contributed by atoms with Crippen LogP contribution in [-0.4, -0.2) is 54.3 Å². The van der Waals surface area contributed by atoms with Crippen molar-refractivity contribution in [2.75, 3.05) is 36.9 Å². The lowest BCUT2D eigenvalue weighted by Crippen LogP contribution is -2.37. The number of carbonyl (C=O) groups excluding carboxylic acids is 1. The van der Waals surface area contributed by atoms with Crippen LogP contribution in [0.5, 0.6) is 0 Å². The zero-order chi connectivity index (χ0) is 19.5. The number of nitrogens with one attached hydrogen (secondary N) is 1. The van der Waals surface area contributed by atoms with Crippen molar-refractivity contribution in [2.24, 2.45) is 5.73 Å². The first kappa shape index (κ1) is 24.1. The van der Waals surface area contributed by atoms with Crippen LogP contribution in [0.25, 0.3) is 11.3 Å². The molecular weight excluding hydrogens is 427 g/mol. The van der Waals surface area contributed by atoms with Gasteiger partial charge in [-0.1, -0.05) is 12.1 Å². The molecule has 1 amide bonds. The van der Waals surface area contributed by atoms with Gasteiger partial charge in [-0.15, -0.1) is 24.8 Å². The third-order valence-corrected chi connectivity index (χ3v) is 5.26. The molecule has 2 aromatic rings. The van der Waals surface area contributed by atoms with Gasteiger partial charge in [0.2, 0.25) is 5.95 Å². The summed E-state index contributed by atoms with van der Waals surface area (Å²) in [5.41, 5.74) is 14.1. The highest BCUT2D eigenvalue weighted by atomic mass is 35.5. The Labute approximate surface area is 188 Å². The quantitative estimate of drug-likeness (QED) is 0.645. The third-order valence-electron chi connectivity index (χ3n) is 5.26. The molecule has 1 saturated heterocycles. The molecule has 1 aromatic carbocycles. The fourth-order valence-corrected chi connectivity index (χ4v) is 3.74. The topological polar surface area (TPSA) is 119 Å². The first-order valence-corrected chi connectivity index (χ1v) is 9.72. The van der Waals surface area contributed by atoms with Gasteiger partial charge in [0, 0.05) is 42.4 Å². The highest BCUT2D eigenvalue weighted by molar-refractivity contribution is 5.95. The van der Waals surface area contributed by atoms with Gasteiger partial charge in [-0.2, -0.15) is 4.98 Å². The maximum absolute atomic E-state index is 12.6. The molecule has 164 valence electrons. The molecule has 2 aliphatic rings. The molecule has 0 radical (unpaired) electrons. The largest absolute Gasteiger partial charge is 0.384 e. The molecule has 1 aliphatic heterocycles. The van der Waals surface area contributed by atoms with Gasteiger partial charge in [-0.3, -0.25) is 4.79 Å². The average molecular weight is 455 g/mol. The molecule has 5 N–H and O–H groups in total. The lowest BCUT2D eigenvalue weighted by molar-refractivity contribution is 0.0937. The van der Waals surface area contributed by atoms with E-state index >= 15 is 0 Å². The number of aromatic nitrogens is 2. The summed E-state index contributed by atoms with van der Waals surface area (Å²) in [6.07, 6.45) is 2.71. The highest BCUT2D eigenvalue weighted by Gasteiger charge is 2.23. The molecular formula is C20H28Cl2N6O2. The zero-order valence-electron chi connectivity index (χ0n) is 16.6. The van der Waals surface area contributed by atoms with Gasteiger partial charge in [-0.25, -0.2) is 4.98 Å². The van der Waals surface area contributed by atoms with Crippen molar-refractivity contribution in [3.8, 4) is 11.3 Å². The first-order chi connectivity index (χ1) is 13.6. The number of hydrogen-bond acceptors (Lipinski definition) is 7. The Morgan fingerprint density at radius 1 is 1.13 bits per heavy atom.